The van der Waals surface area contributed by atoms with Crippen molar-refractivity contribution < 1.29 is 14.5 Å². The first kappa shape index (κ1) is 23.1. The second kappa shape index (κ2) is 10.2. The number of carbonyl (C=O) groups is 2. The minimum Gasteiger partial charge on any atom is -0.339 e. The molecule has 2 aromatic rings. The van der Waals surface area contributed by atoms with Crippen molar-refractivity contribution in [3.05, 3.63) is 68.2 Å². The van der Waals surface area contributed by atoms with Crippen LogP contribution in [-0.4, -0.2) is 52.7 Å². The SMILES string of the molecule is CC(=O)N1CCN(C(=O)/C=C/c2ccc(Sc3ccc(Cl)cc3Cl)c([N+](=O)[O-])c2)CC1. The number of nitro groups is 1. The van der Waals surface area contributed by atoms with E-state index in [2.05, 4.69) is 0 Å². The summed E-state index contributed by atoms with van der Waals surface area (Å²) >= 11 is 13.3. The molecule has 3 rings (SSSR count). The van der Waals surface area contributed by atoms with Gasteiger partial charge in [0.15, 0.2) is 0 Å². The van der Waals surface area contributed by atoms with Crippen molar-refractivity contribution in [2.45, 2.75) is 16.7 Å². The molecule has 31 heavy (non-hydrogen) atoms. The molecule has 0 atom stereocenters. The molecule has 1 aliphatic rings. The average Bonchev–Trinajstić information content (AvgIpc) is 2.74. The number of benzene rings is 2. The molecule has 0 aromatic heterocycles. The van der Waals surface area contributed by atoms with Gasteiger partial charge in [-0.3, -0.25) is 19.7 Å². The summed E-state index contributed by atoms with van der Waals surface area (Å²) in [4.78, 5) is 39.3. The lowest BCUT2D eigenvalue weighted by Gasteiger charge is -2.33. The fourth-order valence-corrected chi connectivity index (χ4v) is 4.49. The summed E-state index contributed by atoms with van der Waals surface area (Å²) in [7, 11) is 0. The second-order valence-electron chi connectivity index (χ2n) is 6.83. The van der Waals surface area contributed by atoms with E-state index < -0.39 is 4.92 Å². The number of nitro benzene ring substituents is 1. The summed E-state index contributed by atoms with van der Waals surface area (Å²) in [6, 6.07) is 9.71. The van der Waals surface area contributed by atoms with E-state index in [-0.39, 0.29) is 17.5 Å². The van der Waals surface area contributed by atoms with Gasteiger partial charge in [-0.05, 0) is 35.9 Å². The van der Waals surface area contributed by atoms with Crippen molar-refractivity contribution in [2.75, 3.05) is 26.2 Å². The van der Waals surface area contributed by atoms with Crippen molar-refractivity contribution in [1.82, 2.24) is 9.80 Å². The van der Waals surface area contributed by atoms with E-state index in [1.54, 1.807) is 46.2 Å². The van der Waals surface area contributed by atoms with Crippen LogP contribution in [0.5, 0.6) is 0 Å². The highest BCUT2D eigenvalue weighted by atomic mass is 35.5. The van der Waals surface area contributed by atoms with Crippen LogP contribution in [0.15, 0.2) is 52.3 Å². The maximum Gasteiger partial charge on any atom is 0.283 e. The van der Waals surface area contributed by atoms with Gasteiger partial charge in [-0.1, -0.05) is 41.0 Å². The summed E-state index contributed by atoms with van der Waals surface area (Å²) < 4.78 is 0. The summed E-state index contributed by atoms with van der Waals surface area (Å²) in [5, 5.41) is 12.5. The van der Waals surface area contributed by atoms with Crippen LogP contribution in [0.2, 0.25) is 10.0 Å². The molecule has 162 valence electrons. The fourth-order valence-electron chi connectivity index (χ4n) is 3.06. The molecule has 0 N–H and O–H groups in total. The van der Waals surface area contributed by atoms with Crippen LogP contribution in [-0.2, 0) is 9.59 Å². The van der Waals surface area contributed by atoms with Crippen LogP contribution in [0.4, 0.5) is 5.69 Å². The highest BCUT2D eigenvalue weighted by Crippen LogP contribution is 2.39. The minimum atomic E-state index is -0.466. The molecule has 1 fully saturated rings. The van der Waals surface area contributed by atoms with E-state index in [4.69, 9.17) is 23.2 Å². The van der Waals surface area contributed by atoms with Crippen LogP contribution in [0.3, 0.4) is 0 Å². The van der Waals surface area contributed by atoms with Crippen molar-refractivity contribution in [1.29, 1.82) is 0 Å². The van der Waals surface area contributed by atoms with Crippen LogP contribution >= 0.6 is 35.0 Å². The zero-order valence-corrected chi connectivity index (χ0v) is 18.9. The zero-order chi connectivity index (χ0) is 22.5. The normalized spacial score (nSPS) is 14.2. The highest BCUT2D eigenvalue weighted by molar-refractivity contribution is 7.99. The van der Waals surface area contributed by atoms with Gasteiger partial charge >= 0.3 is 0 Å². The molecule has 0 spiro atoms. The van der Waals surface area contributed by atoms with E-state index in [0.717, 1.165) is 0 Å². The smallest absolute Gasteiger partial charge is 0.283 e. The Balaban J connectivity index is 1.72. The largest absolute Gasteiger partial charge is 0.339 e. The fraction of sp³-hybridized carbons (Fsp3) is 0.238. The number of halogens is 2. The van der Waals surface area contributed by atoms with E-state index in [9.17, 15) is 19.7 Å². The average molecular weight is 480 g/mol. The molecule has 10 heteroatoms. The molecule has 2 aromatic carbocycles. The van der Waals surface area contributed by atoms with Gasteiger partial charge in [0.2, 0.25) is 11.8 Å². The van der Waals surface area contributed by atoms with Crippen molar-refractivity contribution in [2.24, 2.45) is 0 Å². The number of hydrogen-bond donors (Lipinski definition) is 0. The number of piperazine rings is 1. The number of rotatable bonds is 5. The Morgan fingerprint density at radius 3 is 2.29 bits per heavy atom. The third-order valence-corrected chi connectivity index (χ3v) is 6.55. The topological polar surface area (TPSA) is 83.8 Å². The zero-order valence-electron chi connectivity index (χ0n) is 16.6. The van der Waals surface area contributed by atoms with Crippen molar-refractivity contribution >= 4 is 58.5 Å². The first-order valence-electron chi connectivity index (χ1n) is 9.38. The maximum absolute atomic E-state index is 12.4. The molecule has 0 bridgehead atoms. The molecular weight excluding hydrogens is 461 g/mol. The molecule has 1 saturated heterocycles. The quantitative estimate of drug-likeness (QED) is 0.350. The second-order valence-corrected chi connectivity index (χ2v) is 8.75. The van der Waals surface area contributed by atoms with Crippen LogP contribution < -0.4 is 0 Å². The Labute approximate surface area is 193 Å². The molecule has 1 aliphatic heterocycles. The summed E-state index contributed by atoms with van der Waals surface area (Å²) in [5.74, 6) is -0.204. The van der Waals surface area contributed by atoms with Gasteiger partial charge in [-0.15, -0.1) is 0 Å². The van der Waals surface area contributed by atoms with Crippen molar-refractivity contribution in [3.63, 3.8) is 0 Å². The van der Waals surface area contributed by atoms with Crippen LogP contribution in [0.1, 0.15) is 12.5 Å². The Hall–Kier alpha value is -2.55. The third-order valence-electron chi connectivity index (χ3n) is 4.75. The van der Waals surface area contributed by atoms with E-state index in [1.807, 2.05) is 0 Å². The monoisotopic (exact) mass is 479 g/mol. The molecule has 0 radical (unpaired) electrons. The Bertz CT molecular complexity index is 1050. The summed E-state index contributed by atoms with van der Waals surface area (Å²) in [5.41, 5.74) is 0.453. The van der Waals surface area contributed by atoms with Crippen molar-refractivity contribution in [3.8, 4) is 0 Å². The molecule has 2 amide bonds. The molecule has 7 nitrogen and oxygen atoms in total. The maximum atomic E-state index is 12.4. The standard InChI is InChI=1S/C21H19Cl2N3O4S/c1-14(27)24-8-10-25(11-9-24)21(28)7-3-15-2-5-20(18(12-15)26(29)30)31-19-6-4-16(22)13-17(19)23/h2-7,12-13H,8-11H2,1H3/b7-3+. The Kier molecular flexibility index (Phi) is 7.59. The van der Waals surface area contributed by atoms with E-state index >= 15 is 0 Å². The van der Waals surface area contributed by atoms with Gasteiger partial charge in [-0.2, -0.15) is 0 Å². The summed E-state index contributed by atoms with van der Waals surface area (Å²) in [6.45, 7) is 3.42. The van der Waals surface area contributed by atoms with E-state index in [0.29, 0.717) is 51.6 Å². The lowest BCUT2D eigenvalue weighted by molar-refractivity contribution is -0.387. The number of hydrogen-bond acceptors (Lipinski definition) is 5. The molecular formula is C21H19Cl2N3O4S. The van der Waals surface area contributed by atoms with Crippen LogP contribution in [0, 0.1) is 10.1 Å². The lowest BCUT2D eigenvalue weighted by atomic mass is 10.2. The predicted octanol–water partition coefficient (Wildman–Crippen LogP) is 4.76. The van der Waals surface area contributed by atoms with Gasteiger partial charge in [-0.25, -0.2) is 0 Å². The predicted molar refractivity (Wildman–Crippen MR) is 122 cm³/mol. The lowest BCUT2D eigenvalue weighted by Crippen LogP contribution is -2.49. The molecule has 1 heterocycles. The van der Waals surface area contributed by atoms with E-state index in [1.165, 1.54) is 30.8 Å². The highest BCUT2D eigenvalue weighted by Gasteiger charge is 2.21. The van der Waals surface area contributed by atoms with Gasteiger partial charge in [0.05, 0.1) is 14.8 Å². The number of carbonyl (C=O) groups excluding carboxylic acids is 2. The molecule has 0 saturated carbocycles. The minimum absolute atomic E-state index is 0.00667. The molecule has 0 unspecified atom stereocenters. The van der Waals surface area contributed by atoms with Gasteiger partial charge in [0, 0.05) is 55.2 Å². The summed E-state index contributed by atoms with van der Waals surface area (Å²) in [6.07, 6.45) is 2.95. The van der Waals surface area contributed by atoms with Crippen LogP contribution in [0.25, 0.3) is 6.08 Å². The first-order chi connectivity index (χ1) is 14.7. The number of amides is 2. The van der Waals surface area contributed by atoms with Gasteiger partial charge < -0.3 is 9.80 Å². The first-order valence-corrected chi connectivity index (χ1v) is 11.0. The Morgan fingerprint density at radius 2 is 1.68 bits per heavy atom. The Morgan fingerprint density at radius 1 is 1.03 bits per heavy atom. The number of nitrogens with zero attached hydrogens (tertiary/aromatic N) is 3. The third kappa shape index (κ3) is 6.00. The van der Waals surface area contributed by atoms with Gasteiger partial charge in [0.25, 0.3) is 5.69 Å². The molecule has 0 aliphatic carbocycles. The van der Waals surface area contributed by atoms with Gasteiger partial charge in [0.1, 0.15) is 0 Å².